The maximum Gasteiger partial charge on any atom is 0.0799 e. The van der Waals surface area contributed by atoms with Gasteiger partial charge in [-0.15, -0.1) is 0 Å². The number of rotatable bonds is 2. The Hall–Kier alpha value is -0.0800. The van der Waals surface area contributed by atoms with Crippen LogP contribution in [0.5, 0.6) is 0 Å². The van der Waals surface area contributed by atoms with E-state index < -0.39 is 6.10 Å². The second-order valence-electron chi connectivity index (χ2n) is 2.44. The van der Waals surface area contributed by atoms with Gasteiger partial charge in [0.25, 0.3) is 0 Å². The van der Waals surface area contributed by atoms with E-state index >= 15 is 0 Å². The van der Waals surface area contributed by atoms with Crippen molar-refractivity contribution in [2.24, 2.45) is 5.92 Å². The summed E-state index contributed by atoms with van der Waals surface area (Å²) in [7, 11) is 0. The predicted octanol–water partition coefficient (Wildman–Crippen LogP) is 0.140. The minimum atomic E-state index is -0.441. The molecular formula is C6H12O2. The van der Waals surface area contributed by atoms with E-state index in [2.05, 4.69) is 0 Å². The van der Waals surface area contributed by atoms with Crippen LogP contribution < -0.4 is 0 Å². The minimum absolute atomic E-state index is 0.0648. The van der Waals surface area contributed by atoms with Crippen LogP contribution in [0.2, 0.25) is 0 Å². The molecule has 1 saturated carbocycles. The van der Waals surface area contributed by atoms with Crippen molar-refractivity contribution in [2.45, 2.75) is 25.4 Å². The van der Waals surface area contributed by atoms with Crippen molar-refractivity contribution in [3.05, 3.63) is 0 Å². The maximum absolute atomic E-state index is 8.93. The topological polar surface area (TPSA) is 40.5 Å². The third kappa shape index (κ3) is 1.01. The van der Waals surface area contributed by atoms with Gasteiger partial charge >= 0.3 is 0 Å². The smallest absolute Gasteiger partial charge is 0.0799 e. The summed E-state index contributed by atoms with van der Waals surface area (Å²) in [5.74, 6) is 0.403. The Morgan fingerprint density at radius 1 is 1.50 bits per heavy atom. The molecule has 1 rings (SSSR count). The van der Waals surface area contributed by atoms with Gasteiger partial charge in [0.05, 0.1) is 12.7 Å². The fourth-order valence-corrected chi connectivity index (χ4v) is 0.974. The summed E-state index contributed by atoms with van der Waals surface area (Å²) in [6.45, 7) is -0.0648. The molecule has 0 bridgehead atoms. The molecule has 1 unspecified atom stereocenters. The Balaban J connectivity index is 2.13. The largest absolute Gasteiger partial charge is 0.394 e. The zero-order valence-corrected chi connectivity index (χ0v) is 4.88. The first-order valence-corrected chi connectivity index (χ1v) is 3.13. The standard InChI is InChI=1S/C6H12O2/c7-4-6(8)5-2-1-3-5/h5-8H,1-4H2. The van der Waals surface area contributed by atoms with Gasteiger partial charge in [0, 0.05) is 0 Å². The van der Waals surface area contributed by atoms with Crippen molar-refractivity contribution in [1.29, 1.82) is 0 Å². The molecule has 0 spiro atoms. The van der Waals surface area contributed by atoms with Crippen LogP contribution in [0.4, 0.5) is 0 Å². The third-order valence-electron chi connectivity index (χ3n) is 1.88. The van der Waals surface area contributed by atoms with E-state index in [4.69, 9.17) is 10.2 Å². The predicted molar refractivity (Wildman–Crippen MR) is 30.4 cm³/mol. The molecular weight excluding hydrogens is 104 g/mol. The highest BCUT2D eigenvalue weighted by Crippen LogP contribution is 2.28. The minimum Gasteiger partial charge on any atom is -0.394 e. The first-order chi connectivity index (χ1) is 3.84. The Bertz CT molecular complexity index is 66.2. The molecule has 1 aliphatic carbocycles. The van der Waals surface area contributed by atoms with E-state index in [1.165, 1.54) is 6.42 Å². The number of aliphatic hydroxyl groups is 2. The number of aliphatic hydroxyl groups excluding tert-OH is 2. The third-order valence-corrected chi connectivity index (χ3v) is 1.88. The van der Waals surface area contributed by atoms with Crippen LogP contribution in [0.3, 0.4) is 0 Å². The summed E-state index contributed by atoms with van der Waals surface area (Å²) < 4.78 is 0. The molecule has 0 aliphatic heterocycles. The van der Waals surface area contributed by atoms with E-state index in [0.29, 0.717) is 5.92 Å². The van der Waals surface area contributed by atoms with Gasteiger partial charge in [0.1, 0.15) is 0 Å². The summed E-state index contributed by atoms with van der Waals surface area (Å²) in [5.41, 5.74) is 0. The molecule has 0 heterocycles. The molecule has 2 nitrogen and oxygen atoms in total. The van der Waals surface area contributed by atoms with Crippen molar-refractivity contribution >= 4 is 0 Å². The highest BCUT2D eigenvalue weighted by atomic mass is 16.3. The molecule has 0 amide bonds. The zero-order valence-electron chi connectivity index (χ0n) is 4.88. The maximum atomic E-state index is 8.93. The lowest BCUT2D eigenvalue weighted by Crippen LogP contribution is -2.29. The van der Waals surface area contributed by atoms with Crippen LogP contribution in [-0.4, -0.2) is 22.9 Å². The first kappa shape index (κ1) is 6.05. The zero-order chi connectivity index (χ0) is 5.98. The molecule has 1 atom stereocenters. The molecule has 1 fully saturated rings. The van der Waals surface area contributed by atoms with Gasteiger partial charge in [-0.05, 0) is 18.8 Å². The summed E-state index contributed by atoms with van der Waals surface area (Å²) in [4.78, 5) is 0. The monoisotopic (exact) mass is 116 g/mol. The van der Waals surface area contributed by atoms with Gasteiger partial charge in [0.15, 0.2) is 0 Å². The van der Waals surface area contributed by atoms with Crippen LogP contribution in [0, 0.1) is 5.92 Å². The van der Waals surface area contributed by atoms with Gasteiger partial charge in [-0.2, -0.15) is 0 Å². The Labute approximate surface area is 49.1 Å². The lowest BCUT2D eigenvalue weighted by Gasteiger charge is -2.28. The van der Waals surface area contributed by atoms with Crippen molar-refractivity contribution in [1.82, 2.24) is 0 Å². The highest BCUT2D eigenvalue weighted by molar-refractivity contribution is 4.75. The Morgan fingerprint density at radius 2 is 2.12 bits per heavy atom. The lowest BCUT2D eigenvalue weighted by molar-refractivity contribution is 0.0160. The molecule has 2 heteroatoms. The molecule has 0 radical (unpaired) electrons. The van der Waals surface area contributed by atoms with Crippen molar-refractivity contribution in [2.75, 3.05) is 6.61 Å². The van der Waals surface area contributed by atoms with Crippen LogP contribution >= 0.6 is 0 Å². The molecule has 1 aliphatic rings. The molecule has 2 N–H and O–H groups in total. The van der Waals surface area contributed by atoms with Crippen molar-refractivity contribution in [3.63, 3.8) is 0 Å². The molecule has 0 aromatic carbocycles. The van der Waals surface area contributed by atoms with Crippen LogP contribution in [0.15, 0.2) is 0 Å². The lowest BCUT2D eigenvalue weighted by atomic mass is 9.81. The summed E-state index contributed by atoms with van der Waals surface area (Å²) in [6, 6.07) is 0. The van der Waals surface area contributed by atoms with E-state index in [9.17, 15) is 0 Å². The van der Waals surface area contributed by atoms with E-state index in [1.807, 2.05) is 0 Å². The second-order valence-corrected chi connectivity index (χ2v) is 2.44. The summed E-state index contributed by atoms with van der Waals surface area (Å²) in [5, 5.41) is 17.3. The SMILES string of the molecule is OCC(O)C1CCC1. The summed E-state index contributed by atoms with van der Waals surface area (Å²) >= 11 is 0. The normalized spacial score (nSPS) is 24.8. The fraction of sp³-hybridized carbons (Fsp3) is 1.00. The van der Waals surface area contributed by atoms with Gasteiger partial charge in [-0.3, -0.25) is 0 Å². The van der Waals surface area contributed by atoms with E-state index in [1.54, 1.807) is 0 Å². The van der Waals surface area contributed by atoms with E-state index in [0.717, 1.165) is 12.8 Å². The Morgan fingerprint density at radius 3 is 2.25 bits per heavy atom. The van der Waals surface area contributed by atoms with Crippen LogP contribution in [0.25, 0.3) is 0 Å². The molecule has 48 valence electrons. The fourth-order valence-electron chi connectivity index (χ4n) is 0.974. The first-order valence-electron chi connectivity index (χ1n) is 3.13. The molecule has 0 saturated heterocycles. The van der Waals surface area contributed by atoms with Gasteiger partial charge < -0.3 is 10.2 Å². The van der Waals surface area contributed by atoms with E-state index in [-0.39, 0.29) is 6.61 Å². The summed E-state index contributed by atoms with van der Waals surface area (Å²) in [6.07, 6.45) is 2.98. The number of hydrogen-bond acceptors (Lipinski definition) is 2. The van der Waals surface area contributed by atoms with Gasteiger partial charge in [-0.1, -0.05) is 6.42 Å². The second kappa shape index (κ2) is 2.46. The quantitative estimate of drug-likeness (QED) is 0.538. The number of hydrogen-bond donors (Lipinski definition) is 2. The molecule has 8 heavy (non-hydrogen) atoms. The van der Waals surface area contributed by atoms with Crippen LogP contribution in [0.1, 0.15) is 19.3 Å². The average molecular weight is 116 g/mol. The van der Waals surface area contributed by atoms with Crippen molar-refractivity contribution < 1.29 is 10.2 Å². The van der Waals surface area contributed by atoms with Crippen LogP contribution in [-0.2, 0) is 0 Å². The van der Waals surface area contributed by atoms with Crippen molar-refractivity contribution in [3.8, 4) is 0 Å². The highest BCUT2D eigenvalue weighted by Gasteiger charge is 2.24. The van der Waals surface area contributed by atoms with Gasteiger partial charge in [0.2, 0.25) is 0 Å². The molecule has 0 aromatic rings. The average Bonchev–Trinajstić information content (AvgIpc) is 1.62. The van der Waals surface area contributed by atoms with Gasteiger partial charge in [-0.25, -0.2) is 0 Å². The molecule has 0 aromatic heterocycles. The Kier molecular flexibility index (Phi) is 1.86.